The number of Topliss-reactive ketones (excluding diaryl/α,β-unsaturated/α-hetero) is 1. The zero-order chi connectivity index (χ0) is 21.3. The van der Waals surface area contributed by atoms with Gasteiger partial charge in [-0.15, -0.1) is 11.3 Å². The van der Waals surface area contributed by atoms with Crippen molar-refractivity contribution in [3.05, 3.63) is 56.2 Å². The number of carbonyl (C=O) groups is 2. The van der Waals surface area contributed by atoms with E-state index in [0.29, 0.717) is 18.8 Å². The molecule has 3 rings (SSSR count). The molecule has 1 N–H and O–H groups in total. The van der Waals surface area contributed by atoms with Gasteiger partial charge in [-0.3, -0.25) is 9.59 Å². The van der Waals surface area contributed by atoms with E-state index < -0.39 is 17.7 Å². The first kappa shape index (κ1) is 21.4. The lowest BCUT2D eigenvalue weighted by molar-refractivity contribution is -0.140. The third kappa shape index (κ3) is 4.03. The minimum atomic E-state index is -0.710. The summed E-state index contributed by atoms with van der Waals surface area (Å²) in [5.41, 5.74) is 1.27. The maximum atomic E-state index is 13.0. The van der Waals surface area contributed by atoms with Crippen molar-refractivity contribution < 1.29 is 19.4 Å². The molecule has 1 saturated heterocycles. The van der Waals surface area contributed by atoms with Crippen LogP contribution in [0.5, 0.6) is 5.75 Å². The molecule has 2 heterocycles. The zero-order valence-corrected chi connectivity index (χ0v) is 18.3. The Kier molecular flexibility index (Phi) is 6.31. The number of likely N-dealkylation sites (N-methyl/N-ethyl adjacent to an activating group) is 1. The topological polar surface area (TPSA) is 70.1 Å². The molecule has 0 saturated carbocycles. The summed E-state index contributed by atoms with van der Waals surface area (Å²) in [6.45, 7) is 2.88. The van der Waals surface area contributed by atoms with Gasteiger partial charge in [0, 0.05) is 23.5 Å². The summed E-state index contributed by atoms with van der Waals surface area (Å²) < 4.78 is 5.22. The van der Waals surface area contributed by atoms with Crippen LogP contribution in [-0.4, -0.2) is 60.9 Å². The van der Waals surface area contributed by atoms with Crippen molar-refractivity contribution in [1.82, 2.24) is 9.80 Å². The second-order valence-electron chi connectivity index (χ2n) is 7.11. The SMILES string of the molecule is COc1ccc(Cl)c(/C(O)=C2\C(=O)C(=O)N(CCN(C)C)C2c2sccc2C)c1. The zero-order valence-electron chi connectivity index (χ0n) is 16.7. The van der Waals surface area contributed by atoms with Gasteiger partial charge in [-0.25, -0.2) is 0 Å². The number of methoxy groups -OCH3 is 1. The van der Waals surface area contributed by atoms with Crippen LogP contribution in [-0.2, 0) is 9.59 Å². The molecule has 29 heavy (non-hydrogen) atoms. The predicted octanol–water partition coefficient (Wildman–Crippen LogP) is 3.70. The van der Waals surface area contributed by atoms with E-state index in [2.05, 4.69) is 0 Å². The maximum Gasteiger partial charge on any atom is 0.295 e. The van der Waals surface area contributed by atoms with Crippen LogP contribution in [0.4, 0.5) is 0 Å². The first-order valence-corrected chi connectivity index (χ1v) is 10.3. The molecule has 1 aliphatic heterocycles. The molecular formula is C21H23ClN2O4S. The Hall–Kier alpha value is -2.35. The summed E-state index contributed by atoms with van der Waals surface area (Å²) in [5, 5.41) is 13.3. The van der Waals surface area contributed by atoms with Gasteiger partial charge in [-0.2, -0.15) is 0 Å². The van der Waals surface area contributed by atoms with Crippen LogP contribution in [0.15, 0.2) is 35.2 Å². The Morgan fingerprint density at radius 3 is 2.62 bits per heavy atom. The van der Waals surface area contributed by atoms with Gasteiger partial charge >= 0.3 is 0 Å². The van der Waals surface area contributed by atoms with E-state index in [-0.39, 0.29) is 21.9 Å². The Balaban J connectivity index is 2.19. The van der Waals surface area contributed by atoms with E-state index in [9.17, 15) is 14.7 Å². The van der Waals surface area contributed by atoms with Gasteiger partial charge < -0.3 is 19.6 Å². The third-order valence-corrected chi connectivity index (χ3v) is 6.31. The number of nitrogens with zero attached hydrogens (tertiary/aromatic N) is 2. The summed E-state index contributed by atoms with van der Waals surface area (Å²) in [4.78, 5) is 30.1. The van der Waals surface area contributed by atoms with Crippen LogP contribution < -0.4 is 4.74 Å². The Morgan fingerprint density at radius 1 is 1.31 bits per heavy atom. The number of likely N-dealkylation sites (tertiary alicyclic amines) is 1. The van der Waals surface area contributed by atoms with Crippen LogP contribution in [0.3, 0.4) is 0 Å². The molecule has 1 aliphatic rings. The second kappa shape index (κ2) is 8.57. The van der Waals surface area contributed by atoms with Crippen molar-refractivity contribution in [2.45, 2.75) is 13.0 Å². The highest BCUT2D eigenvalue weighted by molar-refractivity contribution is 7.10. The molecule has 2 aromatic rings. The van der Waals surface area contributed by atoms with Crippen LogP contribution in [0.2, 0.25) is 5.02 Å². The summed E-state index contributed by atoms with van der Waals surface area (Å²) in [5.74, 6) is -1.14. The number of hydrogen-bond donors (Lipinski definition) is 1. The van der Waals surface area contributed by atoms with Gasteiger partial charge in [0.15, 0.2) is 0 Å². The molecule has 0 bridgehead atoms. The summed E-state index contributed by atoms with van der Waals surface area (Å²) in [6.07, 6.45) is 0. The van der Waals surface area contributed by atoms with E-state index in [1.54, 1.807) is 18.2 Å². The predicted molar refractivity (Wildman–Crippen MR) is 115 cm³/mol. The van der Waals surface area contributed by atoms with E-state index in [1.165, 1.54) is 23.3 Å². The molecule has 6 nitrogen and oxygen atoms in total. The van der Waals surface area contributed by atoms with Crippen LogP contribution in [0, 0.1) is 6.92 Å². The number of halogens is 1. The number of benzene rings is 1. The number of ketones is 1. The third-order valence-electron chi connectivity index (χ3n) is 4.91. The number of aliphatic hydroxyl groups is 1. The molecule has 1 aromatic heterocycles. The first-order chi connectivity index (χ1) is 13.8. The standard InChI is InChI=1S/C21H23ClN2O4S/c1-12-7-10-29-20(12)17-16(19(26)21(27)24(17)9-8-23(2)3)18(25)14-11-13(28-4)5-6-15(14)22/h5-7,10-11,17,25H,8-9H2,1-4H3/b18-16+. The number of amides is 1. The normalized spacial score (nSPS) is 18.7. The molecule has 154 valence electrons. The van der Waals surface area contributed by atoms with Crippen LogP contribution in [0.1, 0.15) is 22.0 Å². The summed E-state index contributed by atoms with van der Waals surface area (Å²) >= 11 is 7.74. The summed E-state index contributed by atoms with van der Waals surface area (Å²) in [7, 11) is 5.30. The minimum absolute atomic E-state index is 0.0504. The second-order valence-corrected chi connectivity index (χ2v) is 8.46. The molecule has 1 aromatic carbocycles. The largest absolute Gasteiger partial charge is 0.507 e. The molecule has 1 amide bonds. The molecule has 0 spiro atoms. The lowest BCUT2D eigenvalue weighted by atomic mass is 9.98. The fourth-order valence-electron chi connectivity index (χ4n) is 3.31. The lowest BCUT2D eigenvalue weighted by Gasteiger charge is -2.26. The molecule has 1 atom stereocenters. The number of hydrogen-bond acceptors (Lipinski definition) is 6. The van der Waals surface area contributed by atoms with E-state index in [0.717, 1.165) is 10.4 Å². The van der Waals surface area contributed by atoms with Gasteiger partial charge in [0.05, 0.1) is 23.7 Å². The number of ether oxygens (including phenoxy) is 1. The van der Waals surface area contributed by atoms with E-state index in [1.807, 2.05) is 37.4 Å². The average Bonchev–Trinajstić information content (AvgIpc) is 3.21. The Bertz CT molecular complexity index is 983. The monoisotopic (exact) mass is 434 g/mol. The molecule has 1 fully saturated rings. The number of aliphatic hydroxyl groups excluding tert-OH is 1. The van der Waals surface area contributed by atoms with Crippen LogP contribution >= 0.6 is 22.9 Å². The highest BCUT2D eigenvalue weighted by Crippen LogP contribution is 2.43. The van der Waals surface area contributed by atoms with Crippen LogP contribution in [0.25, 0.3) is 5.76 Å². The molecule has 8 heteroatoms. The summed E-state index contributed by atoms with van der Waals surface area (Å²) in [6, 6.07) is 6.09. The number of rotatable bonds is 6. The van der Waals surface area contributed by atoms with Crippen molar-refractivity contribution in [2.75, 3.05) is 34.3 Å². The van der Waals surface area contributed by atoms with Gasteiger partial charge in [0.1, 0.15) is 11.5 Å². The highest BCUT2D eigenvalue weighted by Gasteiger charge is 2.47. The van der Waals surface area contributed by atoms with E-state index >= 15 is 0 Å². The van der Waals surface area contributed by atoms with Gasteiger partial charge in [0.2, 0.25) is 0 Å². The Labute approximate surface area is 179 Å². The van der Waals surface area contributed by atoms with Crippen molar-refractivity contribution in [3.8, 4) is 5.75 Å². The van der Waals surface area contributed by atoms with Gasteiger partial charge in [-0.1, -0.05) is 11.6 Å². The smallest absolute Gasteiger partial charge is 0.295 e. The molecule has 0 aliphatic carbocycles. The van der Waals surface area contributed by atoms with E-state index in [4.69, 9.17) is 16.3 Å². The number of thiophene rings is 1. The van der Waals surface area contributed by atoms with Crippen molar-refractivity contribution >= 4 is 40.4 Å². The number of aryl methyl sites for hydroxylation is 1. The fourth-order valence-corrected chi connectivity index (χ4v) is 4.57. The van der Waals surface area contributed by atoms with Crippen molar-refractivity contribution in [3.63, 3.8) is 0 Å². The molecule has 0 radical (unpaired) electrons. The van der Waals surface area contributed by atoms with Crippen molar-refractivity contribution in [2.24, 2.45) is 0 Å². The molecule has 1 unspecified atom stereocenters. The first-order valence-electron chi connectivity index (χ1n) is 9.07. The average molecular weight is 435 g/mol. The Morgan fingerprint density at radius 2 is 2.03 bits per heavy atom. The van der Waals surface area contributed by atoms with Gasteiger partial charge in [-0.05, 0) is 56.2 Å². The number of carbonyl (C=O) groups excluding carboxylic acids is 2. The molecular weight excluding hydrogens is 412 g/mol. The van der Waals surface area contributed by atoms with Crippen molar-refractivity contribution in [1.29, 1.82) is 0 Å². The fraction of sp³-hybridized carbons (Fsp3) is 0.333. The maximum absolute atomic E-state index is 13.0. The minimum Gasteiger partial charge on any atom is -0.507 e. The highest BCUT2D eigenvalue weighted by atomic mass is 35.5. The van der Waals surface area contributed by atoms with Gasteiger partial charge in [0.25, 0.3) is 11.7 Å². The lowest BCUT2D eigenvalue weighted by Crippen LogP contribution is -2.35. The quantitative estimate of drug-likeness (QED) is 0.426.